The van der Waals surface area contributed by atoms with E-state index in [9.17, 15) is 0 Å². The smallest absolute Gasteiger partial charge is 0.171 e. The number of hydrogen-bond acceptors (Lipinski definition) is 4. The molecule has 4 heteroatoms. The van der Waals surface area contributed by atoms with Gasteiger partial charge in [0, 0.05) is 25.8 Å². The summed E-state index contributed by atoms with van der Waals surface area (Å²) in [7, 11) is 0. The molecule has 1 aromatic heterocycles. The maximum Gasteiger partial charge on any atom is 0.171 e. The molecular formula is C11H17N3O. The topological polar surface area (TPSA) is 51.4 Å². The zero-order chi connectivity index (χ0) is 10.5. The van der Waals surface area contributed by atoms with Gasteiger partial charge < -0.3 is 15.4 Å². The first kappa shape index (κ1) is 10.2. The molecule has 0 spiro atoms. The summed E-state index contributed by atoms with van der Waals surface area (Å²) in [5.41, 5.74) is 5.42. The first-order chi connectivity index (χ1) is 7.42. The molecule has 15 heavy (non-hydrogen) atoms. The number of nitrogens with two attached hydrogens (primary N) is 1. The van der Waals surface area contributed by atoms with Crippen molar-refractivity contribution < 1.29 is 4.74 Å². The summed E-state index contributed by atoms with van der Waals surface area (Å²) < 4.78 is 5.57. The first-order valence-electron chi connectivity index (χ1n) is 5.44. The van der Waals surface area contributed by atoms with Crippen molar-refractivity contribution in [3.63, 3.8) is 0 Å². The number of pyridine rings is 1. The highest BCUT2D eigenvalue weighted by atomic mass is 16.5. The standard InChI is InChI=1S/C11H17N3O/c12-5-9-15-10-4-3-6-13-11(10)14-7-1-2-8-14/h3-4,6H,1-2,5,7-9,12H2. The summed E-state index contributed by atoms with van der Waals surface area (Å²) >= 11 is 0. The Kier molecular flexibility index (Phi) is 3.40. The van der Waals surface area contributed by atoms with Gasteiger partial charge in [-0.3, -0.25) is 0 Å². The minimum Gasteiger partial charge on any atom is -0.488 e. The van der Waals surface area contributed by atoms with Gasteiger partial charge in [0.2, 0.25) is 0 Å². The molecule has 2 N–H and O–H groups in total. The zero-order valence-corrected chi connectivity index (χ0v) is 8.85. The van der Waals surface area contributed by atoms with Gasteiger partial charge in [-0.1, -0.05) is 0 Å². The minimum absolute atomic E-state index is 0.536. The SMILES string of the molecule is NCCOc1cccnc1N1CCCC1. The van der Waals surface area contributed by atoms with Crippen LogP contribution in [0.2, 0.25) is 0 Å². The van der Waals surface area contributed by atoms with Crippen molar-refractivity contribution >= 4 is 5.82 Å². The van der Waals surface area contributed by atoms with Gasteiger partial charge >= 0.3 is 0 Å². The van der Waals surface area contributed by atoms with E-state index in [0.29, 0.717) is 13.2 Å². The summed E-state index contributed by atoms with van der Waals surface area (Å²) in [5, 5.41) is 0. The number of aromatic nitrogens is 1. The van der Waals surface area contributed by atoms with Gasteiger partial charge in [-0.15, -0.1) is 0 Å². The van der Waals surface area contributed by atoms with Gasteiger partial charge in [0.05, 0.1) is 0 Å². The van der Waals surface area contributed by atoms with Crippen LogP contribution in [0.4, 0.5) is 5.82 Å². The number of anilines is 1. The molecule has 1 aromatic rings. The molecule has 0 amide bonds. The molecule has 1 saturated heterocycles. The van der Waals surface area contributed by atoms with Crippen LogP contribution in [0.25, 0.3) is 0 Å². The van der Waals surface area contributed by atoms with Gasteiger partial charge in [0.25, 0.3) is 0 Å². The van der Waals surface area contributed by atoms with Crippen LogP contribution in [0.1, 0.15) is 12.8 Å². The highest BCUT2D eigenvalue weighted by Gasteiger charge is 2.17. The lowest BCUT2D eigenvalue weighted by Gasteiger charge is -2.19. The summed E-state index contributed by atoms with van der Waals surface area (Å²) in [6, 6.07) is 3.85. The molecule has 2 rings (SSSR count). The number of ether oxygens (including phenoxy) is 1. The monoisotopic (exact) mass is 207 g/mol. The average Bonchev–Trinajstić information content (AvgIpc) is 2.80. The second-order valence-corrected chi connectivity index (χ2v) is 3.66. The Morgan fingerprint density at radius 2 is 2.20 bits per heavy atom. The van der Waals surface area contributed by atoms with E-state index in [4.69, 9.17) is 10.5 Å². The second-order valence-electron chi connectivity index (χ2n) is 3.66. The van der Waals surface area contributed by atoms with Crippen molar-refractivity contribution in [3.8, 4) is 5.75 Å². The largest absolute Gasteiger partial charge is 0.488 e. The van der Waals surface area contributed by atoms with E-state index in [-0.39, 0.29) is 0 Å². The molecule has 0 saturated carbocycles. The molecule has 0 radical (unpaired) electrons. The van der Waals surface area contributed by atoms with Crippen molar-refractivity contribution in [1.29, 1.82) is 0 Å². The highest BCUT2D eigenvalue weighted by molar-refractivity contribution is 5.52. The average molecular weight is 207 g/mol. The van der Waals surface area contributed by atoms with Gasteiger partial charge in [-0.25, -0.2) is 4.98 Å². The minimum atomic E-state index is 0.536. The van der Waals surface area contributed by atoms with Gasteiger partial charge in [0.1, 0.15) is 6.61 Å². The lowest BCUT2D eigenvalue weighted by Crippen LogP contribution is -2.20. The molecule has 0 atom stereocenters. The quantitative estimate of drug-likeness (QED) is 0.801. The Bertz CT molecular complexity index is 310. The molecule has 1 aliphatic rings. The van der Waals surface area contributed by atoms with Crippen molar-refractivity contribution in [2.45, 2.75) is 12.8 Å². The molecule has 0 unspecified atom stereocenters. The van der Waals surface area contributed by atoms with E-state index in [0.717, 1.165) is 24.7 Å². The Morgan fingerprint density at radius 1 is 1.40 bits per heavy atom. The van der Waals surface area contributed by atoms with Crippen LogP contribution < -0.4 is 15.4 Å². The van der Waals surface area contributed by atoms with Crippen molar-refractivity contribution in [1.82, 2.24) is 4.98 Å². The third-order valence-corrected chi connectivity index (χ3v) is 2.53. The summed E-state index contributed by atoms with van der Waals surface area (Å²) in [5.74, 6) is 1.81. The third kappa shape index (κ3) is 2.39. The molecule has 2 heterocycles. The first-order valence-corrected chi connectivity index (χ1v) is 5.44. The van der Waals surface area contributed by atoms with E-state index in [1.807, 2.05) is 18.3 Å². The van der Waals surface area contributed by atoms with E-state index < -0.39 is 0 Å². The Balaban J connectivity index is 2.13. The van der Waals surface area contributed by atoms with Crippen molar-refractivity contribution in [3.05, 3.63) is 18.3 Å². The molecule has 0 bridgehead atoms. The van der Waals surface area contributed by atoms with E-state index in [1.165, 1.54) is 12.8 Å². The third-order valence-electron chi connectivity index (χ3n) is 2.53. The van der Waals surface area contributed by atoms with Gasteiger partial charge in [0.15, 0.2) is 11.6 Å². The number of nitrogens with zero attached hydrogens (tertiary/aromatic N) is 2. The molecule has 0 aliphatic carbocycles. The lowest BCUT2D eigenvalue weighted by atomic mass is 10.4. The van der Waals surface area contributed by atoms with Gasteiger partial charge in [-0.2, -0.15) is 0 Å². The van der Waals surface area contributed by atoms with Crippen LogP contribution >= 0.6 is 0 Å². The van der Waals surface area contributed by atoms with Crippen LogP contribution in [-0.2, 0) is 0 Å². The summed E-state index contributed by atoms with van der Waals surface area (Å²) in [4.78, 5) is 6.64. The van der Waals surface area contributed by atoms with E-state index >= 15 is 0 Å². The van der Waals surface area contributed by atoms with Crippen molar-refractivity contribution in [2.75, 3.05) is 31.1 Å². The van der Waals surface area contributed by atoms with Crippen LogP contribution in [0.5, 0.6) is 5.75 Å². The molecule has 82 valence electrons. The normalized spacial score (nSPS) is 15.7. The fourth-order valence-corrected chi connectivity index (χ4v) is 1.83. The predicted molar refractivity (Wildman–Crippen MR) is 60.2 cm³/mol. The maximum atomic E-state index is 5.57. The predicted octanol–water partition coefficient (Wildman–Crippen LogP) is 1.02. The number of rotatable bonds is 4. The lowest BCUT2D eigenvalue weighted by molar-refractivity contribution is 0.327. The van der Waals surface area contributed by atoms with Crippen LogP contribution in [0.3, 0.4) is 0 Å². The summed E-state index contributed by atoms with van der Waals surface area (Å²) in [6.45, 7) is 3.24. The summed E-state index contributed by atoms with van der Waals surface area (Å²) in [6.07, 6.45) is 4.29. The van der Waals surface area contributed by atoms with Crippen LogP contribution in [-0.4, -0.2) is 31.2 Å². The molecule has 4 nitrogen and oxygen atoms in total. The van der Waals surface area contributed by atoms with Crippen LogP contribution in [0, 0.1) is 0 Å². The Morgan fingerprint density at radius 3 is 2.93 bits per heavy atom. The van der Waals surface area contributed by atoms with Crippen LogP contribution in [0.15, 0.2) is 18.3 Å². The number of hydrogen-bond donors (Lipinski definition) is 1. The van der Waals surface area contributed by atoms with Gasteiger partial charge in [-0.05, 0) is 25.0 Å². The molecule has 1 fully saturated rings. The fourth-order valence-electron chi connectivity index (χ4n) is 1.83. The second kappa shape index (κ2) is 4.98. The van der Waals surface area contributed by atoms with Crippen molar-refractivity contribution in [2.24, 2.45) is 5.73 Å². The zero-order valence-electron chi connectivity index (χ0n) is 8.85. The Labute approximate surface area is 90.0 Å². The fraction of sp³-hybridized carbons (Fsp3) is 0.545. The molecule has 1 aliphatic heterocycles. The molecular weight excluding hydrogens is 190 g/mol. The maximum absolute atomic E-state index is 5.57. The Hall–Kier alpha value is -1.29. The van der Waals surface area contributed by atoms with E-state index in [2.05, 4.69) is 9.88 Å². The highest BCUT2D eigenvalue weighted by Crippen LogP contribution is 2.27. The van der Waals surface area contributed by atoms with E-state index in [1.54, 1.807) is 0 Å². The molecule has 0 aromatic carbocycles.